The molecule has 5 rings (SSSR count). The summed E-state index contributed by atoms with van der Waals surface area (Å²) >= 11 is 0. The monoisotopic (exact) mass is 354 g/mol. The number of imidazole rings is 2. The average molecular weight is 354 g/mol. The Balaban J connectivity index is 1.56. The molecule has 0 fully saturated rings. The fraction of sp³-hybridized carbons (Fsp3) is 0.105. The molecule has 0 aliphatic rings. The van der Waals surface area contributed by atoms with Crippen molar-refractivity contribution in [3.63, 3.8) is 0 Å². The first-order chi connectivity index (χ1) is 13.2. The van der Waals surface area contributed by atoms with Crippen molar-refractivity contribution in [2.45, 2.75) is 6.42 Å². The van der Waals surface area contributed by atoms with Gasteiger partial charge in [-0.1, -0.05) is 6.07 Å². The van der Waals surface area contributed by atoms with Gasteiger partial charge in [-0.05, 0) is 23.8 Å². The Kier molecular flexibility index (Phi) is 3.27. The molecule has 8 nitrogen and oxygen atoms in total. The van der Waals surface area contributed by atoms with Crippen LogP contribution in [0.4, 0.5) is 0 Å². The van der Waals surface area contributed by atoms with E-state index in [0.29, 0.717) is 12.1 Å². The highest BCUT2D eigenvalue weighted by Crippen LogP contribution is 2.18. The highest BCUT2D eigenvalue weighted by molar-refractivity contribution is 5.58. The van der Waals surface area contributed by atoms with Crippen molar-refractivity contribution in [3.05, 3.63) is 72.2 Å². The Labute approximate surface area is 154 Å². The standard InChI is InChI=1S/C19H14N8/c1-25-12-14(8-23-25)17-3-5-19-22-9-15(27(19)24-17)6-13-2-4-18-21-10-16(7-20)26(18)11-13/h2-5,8-12H,6H2,1H3. The van der Waals surface area contributed by atoms with Gasteiger partial charge in [0.05, 0.1) is 30.0 Å². The van der Waals surface area contributed by atoms with E-state index in [-0.39, 0.29) is 0 Å². The predicted molar refractivity (Wildman–Crippen MR) is 97.9 cm³/mol. The van der Waals surface area contributed by atoms with Crippen LogP contribution < -0.4 is 0 Å². The second-order valence-electron chi connectivity index (χ2n) is 6.34. The summed E-state index contributed by atoms with van der Waals surface area (Å²) in [7, 11) is 1.88. The lowest BCUT2D eigenvalue weighted by atomic mass is 10.1. The fourth-order valence-corrected chi connectivity index (χ4v) is 3.17. The van der Waals surface area contributed by atoms with Crippen LogP contribution in [0.5, 0.6) is 0 Å². The molecule has 5 aromatic rings. The van der Waals surface area contributed by atoms with Crippen molar-refractivity contribution in [1.29, 1.82) is 5.26 Å². The largest absolute Gasteiger partial charge is 0.291 e. The third-order valence-electron chi connectivity index (χ3n) is 4.50. The normalized spacial score (nSPS) is 11.3. The molecule has 0 aliphatic carbocycles. The third-order valence-corrected chi connectivity index (χ3v) is 4.50. The first kappa shape index (κ1) is 15.3. The molecule has 8 heteroatoms. The SMILES string of the molecule is Cn1cc(-c2ccc3ncc(Cc4ccc5ncc(C#N)n5c4)n3n2)cn1. The van der Waals surface area contributed by atoms with Crippen LogP contribution in [0, 0.1) is 11.3 Å². The minimum atomic E-state index is 0.516. The van der Waals surface area contributed by atoms with E-state index in [9.17, 15) is 5.26 Å². The first-order valence-corrected chi connectivity index (χ1v) is 8.40. The molecule has 0 N–H and O–H groups in total. The molecule has 27 heavy (non-hydrogen) atoms. The summed E-state index contributed by atoms with van der Waals surface area (Å²) in [4.78, 5) is 8.68. The zero-order chi connectivity index (χ0) is 18.4. The van der Waals surface area contributed by atoms with Crippen molar-refractivity contribution in [3.8, 4) is 17.3 Å². The summed E-state index contributed by atoms with van der Waals surface area (Å²) in [5, 5.41) is 18.2. The highest BCUT2D eigenvalue weighted by Gasteiger charge is 2.10. The van der Waals surface area contributed by atoms with Gasteiger partial charge in [0, 0.05) is 31.4 Å². The van der Waals surface area contributed by atoms with Gasteiger partial charge in [-0.15, -0.1) is 0 Å². The van der Waals surface area contributed by atoms with E-state index >= 15 is 0 Å². The van der Waals surface area contributed by atoms with E-state index in [1.54, 1.807) is 21.5 Å². The van der Waals surface area contributed by atoms with E-state index in [2.05, 4.69) is 21.1 Å². The number of fused-ring (bicyclic) bond motifs is 2. The summed E-state index contributed by atoms with van der Waals surface area (Å²) in [6.07, 6.45) is 9.71. The van der Waals surface area contributed by atoms with E-state index in [1.165, 1.54) is 0 Å². The molecule has 0 spiro atoms. The van der Waals surface area contributed by atoms with E-state index in [4.69, 9.17) is 5.10 Å². The summed E-state index contributed by atoms with van der Waals surface area (Å²) < 4.78 is 5.40. The number of aromatic nitrogens is 7. The van der Waals surface area contributed by atoms with Gasteiger partial charge >= 0.3 is 0 Å². The van der Waals surface area contributed by atoms with Gasteiger partial charge in [0.15, 0.2) is 5.65 Å². The Hall–Kier alpha value is -3.99. The minimum absolute atomic E-state index is 0.516. The van der Waals surface area contributed by atoms with Gasteiger partial charge in [-0.3, -0.25) is 9.08 Å². The van der Waals surface area contributed by atoms with Crippen molar-refractivity contribution < 1.29 is 0 Å². The van der Waals surface area contributed by atoms with E-state index < -0.39 is 0 Å². The van der Waals surface area contributed by atoms with Crippen LogP contribution in [0.15, 0.2) is 55.2 Å². The second kappa shape index (κ2) is 5.78. The van der Waals surface area contributed by atoms with Crippen LogP contribution in [0.3, 0.4) is 0 Å². The number of nitriles is 1. The van der Waals surface area contributed by atoms with Gasteiger partial charge in [0.2, 0.25) is 0 Å². The number of hydrogen-bond donors (Lipinski definition) is 0. The van der Waals surface area contributed by atoms with Crippen molar-refractivity contribution in [2.24, 2.45) is 7.05 Å². The number of hydrogen-bond acceptors (Lipinski definition) is 5. The molecule has 5 aromatic heterocycles. The highest BCUT2D eigenvalue weighted by atomic mass is 15.3. The molecule has 0 saturated carbocycles. The second-order valence-corrected chi connectivity index (χ2v) is 6.34. The lowest BCUT2D eigenvalue weighted by Gasteiger charge is -2.05. The van der Waals surface area contributed by atoms with Crippen LogP contribution in [0.1, 0.15) is 17.0 Å². The number of aryl methyl sites for hydroxylation is 1. The molecule has 0 atom stereocenters. The van der Waals surface area contributed by atoms with Crippen LogP contribution in [0.2, 0.25) is 0 Å². The maximum absolute atomic E-state index is 9.21. The van der Waals surface area contributed by atoms with Crippen LogP contribution in [0.25, 0.3) is 22.6 Å². The fourth-order valence-electron chi connectivity index (χ4n) is 3.17. The molecule has 0 bridgehead atoms. The van der Waals surface area contributed by atoms with Gasteiger partial charge in [0.25, 0.3) is 0 Å². The lowest BCUT2D eigenvalue weighted by molar-refractivity contribution is 0.768. The topological polar surface area (TPSA) is 89.1 Å². The molecule has 0 saturated heterocycles. The Morgan fingerprint density at radius 3 is 2.67 bits per heavy atom. The maximum Gasteiger partial charge on any atom is 0.153 e. The summed E-state index contributed by atoms with van der Waals surface area (Å²) in [6, 6.07) is 9.97. The average Bonchev–Trinajstić information content (AvgIpc) is 3.40. The van der Waals surface area contributed by atoms with Gasteiger partial charge in [0.1, 0.15) is 17.4 Å². The maximum atomic E-state index is 9.21. The molecular weight excluding hydrogens is 340 g/mol. The van der Waals surface area contributed by atoms with Crippen molar-refractivity contribution in [2.75, 3.05) is 0 Å². The zero-order valence-electron chi connectivity index (χ0n) is 14.5. The Morgan fingerprint density at radius 1 is 1.00 bits per heavy atom. The molecule has 0 radical (unpaired) electrons. The van der Waals surface area contributed by atoms with Crippen molar-refractivity contribution >= 4 is 11.3 Å². The van der Waals surface area contributed by atoms with Crippen LogP contribution in [-0.2, 0) is 13.5 Å². The molecule has 0 aromatic carbocycles. The summed E-state index contributed by atoms with van der Waals surface area (Å²) in [5.74, 6) is 0. The van der Waals surface area contributed by atoms with Crippen molar-refractivity contribution in [1.82, 2.24) is 33.8 Å². The third kappa shape index (κ3) is 2.53. The van der Waals surface area contributed by atoms with E-state index in [0.717, 1.165) is 33.8 Å². The van der Waals surface area contributed by atoms with Crippen LogP contribution >= 0.6 is 0 Å². The summed E-state index contributed by atoms with van der Waals surface area (Å²) in [5.41, 5.74) is 5.87. The quantitative estimate of drug-likeness (QED) is 0.496. The summed E-state index contributed by atoms with van der Waals surface area (Å²) in [6.45, 7) is 0. The Morgan fingerprint density at radius 2 is 1.85 bits per heavy atom. The first-order valence-electron chi connectivity index (χ1n) is 8.40. The molecule has 0 aliphatic heterocycles. The molecule has 0 amide bonds. The van der Waals surface area contributed by atoms with Crippen LogP contribution in [-0.4, -0.2) is 33.8 Å². The number of nitrogens with zero attached hydrogens (tertiary/aromatic N) is 8. The molecule has 0 unspecified atom stereocenters. The Bertz CT molecular complexity index is 1330. The van der Waals surface area contributed by atoms with Gasteiger partial charge in [-0.2, -0.15) is 15.5 Å². The molecule has 130 valence electrons. The minimum Gasteiger partial charge on any atom is -0.291 e. The van der Waals surface area contributed by atoms with Gasteiger partial charge in [-0.25, -0.2) is 14.5 Å². The zero-order valence-corrected chi connectivity index (χ0v) is 14.5. The smallest absolute Gasteiger partial charge is 0.153 e. The van der Waals surface area contributed by atoms with Gasteiger partial charge < -0.3 is 0 Å². The number of rotatable bonds is 3. The molecule has 5 heterocycles. The predicted octanol–water partition coefficient (Wildman–Crippen LogP) is 2.24. The van der Waals surface area contributed by atoms with E-state index in [1.807, 2.05) is 54.4 Å². The number of pyridine rings is 1. The molecular formula is C19H14N8. The lowest BCUT2D eigenvalue weighted by Crippen LogP contribution is -2.01.